The van der Waals surface area contributed by atoms with Gasteiger partial charge in [-0.25, -0.2) is 19.7 Å². The van der Waals surface area contributed by atoms with E-state index < -0.39 is 35.3 Å². The lowest BCUT2D eigenvalue weighted by Gasteiger charge is -2.39. The minimum absolute atomic E-state index is 0.0156. The summed E-state index contributed by atoms with van der Waals surface area (Å²) in [4.78, 5) is 30.4. The third kappa shape index (κ3) is 5.23. The monoisotopic (exact) mass is 650 g/mol. The molecule has 238 valence electrons. The molecule has 8 nitrogen and oxygen atoms in total. The lowest BCUT2D eigenvalue weighted by molar-refractivity contribution is -0.131. The minimum Gasteiger partial charge on any atom is -0.461 e. The van der Waals surface area contributed by atoms with Gasteiger partial charge in [0.15, 0.2) is 16.8 Å². The summed E-state index contributed by atoms with van der Waals surface area (Å²) in [7, 11) is 0. The van der Waals surface area contributed by atoms with Crippen molar-refractivity contribution in [1.29, 1.82) is 0 Å². The predicted molar refractivity (Wildman–Crippen MR) is 168 cm³/mol. The van der Waals surface area contributed by atoms with E-state index >= 15 is 4.39 Å². The van der Waals surface area contributed by atoms with Crippen molar-refractivity contribution in [1.82, 2.24) is 19.8 Å². The van der Waals surface area contributed by atoms with Gasteiger partial charge in [0.1, 0.15) is 30.2 Å². The predicted octanol–water partition coefficient (Wildman–Crippen LogP) is 6.16. The zero-order valence-corrected chi connectivity index (χ0v) is 25.6. The maximum absolute atomic E-state index is 16.6. The number of carbonyl (C=O) groups excluding carboxylic acids is 1. The number of fused-ring (bicyclic) bond motifs is 3. The van der Waals surface area contributed by atoms with Crippen LogP contribution >= 0.6 is 11.3 Å². The van der Waals surface area contributed by atoms with Crippen LogP contribution in [0.15, 0.2) is 48.8 Å². The lowest BCUT2D eigenvalue weighted by atomic mass is 9.95. The number of hydrogen-bond acceptors (Lipinski definition) is 7. The van der Waals surface area contributed by atoms with Crippen molar-refractivity contribution in [3.8, 4) is 17.1 Å². The molecule has 0 bridgehead atoms. The highest BCUT2D eigenvalue weighted by molar-refractivity contribution is 7.17. The Kier molecular flexibility index (Phi) is 7.81. The molecule has 3 saturated heterocycles. The number of carbonyl (C=O) groups is 1. The number of halogens is 4. The van der Waals surface area contributed by atoms with Crippen LogP contribution in [0.4, 0.5) is 23.4 Å². The summed E-state index contributed by atoms with van der Waals surface area (Å²) < 4.78 is 66.0. The molecular formula is C33H30F4N6O2S. The number of benzene rings is 2. The molecule has 1 amide bonds. The fourth-order valence-corrected chi connectivity index (χ4v) is 8.10. The molecule has 0 unspecified atom stereocenters. The van der Waals surface area contributed by atoms with Gasteiger partial charge in [-0.05, 0) is 43.1 Å². The molecule has 0 saturated carbocycles. The number of ether oxygens (including phenoxy) is 1. The largest absolute Gasteiger partial charge is 0.461 e. The van der Waals surface area contributed by atoms with E-state index in [-0.39, 0.29) is 55.0 Å². The number of amides is 1. The van der Waals surface area contributed by atoms with E-state index in [1.54, 1.807) is 30.3 Å². The van der Waals surface area contributed by atoms with Crippen LogP contribution in [0, 0.1) is 17.5 Å². The Labute approximate surface area is 266 Å². The van der Waals surface area contributed by atoms with Crippen LogP contribution in [-0.2, 0) is 4.79 Å². The molecule has 2 aromatic carbocycles. The average Bonchev–Trinajstić information content (AvgIpc) is 3.70. The summed E-state index contributed by atoms with van der Waals surface area (Å²) in [6, 6.07) is 9.18. The highest BCUT2D eigenvalue weighted by atomic mass is 32.1. The van der Waals surface area contributed by atoms with Crippen molar-refractivity contribution >= 4 is 44.1 Å². The van der Waals surface area contributed by atoms with Crippen LogP contribution in [0.25, 0.3) is 37.0 Å². The number of thiophene rings is 1. The summed E-state index contributed by atoms with van der Waals surface area (Å²) in [5.74, 6) is -2.29. The number of alkyl halides is 1. The number of aromatic nitrogens is 2. The first-order valence-corrected chi connectivity index (χ1v) is 15.9. The summed E-state index contributed by atoms with van der Waals surface area (Å²) in [5.41, 5.74) is 0.234. The Bertz CT molecular complexity index is 1910. The Morgan fingerprint density at radius 2 is 1.98 bits per heavy atom. The van der Waals surface area contributed by atoms with Gasteiger partial charge >= 0.3 is 6.01 Å². The molecule has 0 N–H and O–H groups in total. The lowest BCUT2D eigenvalue weighted by Crippen LogP contribution is -2.56. The Balaban J connectivity index is 1.31. The topological polar surface area (TPSA) is 66.2 Å². The highest BCUT2D eigenvalue weighted by Gasteiger charge is 2.49. The molecule has 3 aliphatic heterocycles. The van der Waals surface area contributed by atoms with Gasteiger partial charge in [-0.2, -0.15) is 14.4 Å². The van der Waals surface area contributed by atoms with Gasteiger partial charge in [0.25, 0.3) is 5.91 Å². The van der Waals surface area contributed by atoms with Crippen LogP contribution in [0.5, 0.6) is 6.01 Å². The van der Waals surface area contributed by atoms with Crippen molar-refractivity contribution in [3.63, 3.8) is 0 Å². The molecule has 13 heteroatoms. The number of rotatable bonds is 7. The maximum Gasteiger partial charge on any atom is 0.319 e. The van der Waals surface area contributed by atoms with E-state index in [0.29, 0.717) is 39.8 Å². The van der Waals surface area contributed by atoms with Crippen LogP contribution in [-0.4, -0.2) is 89.3 Å². The van der Waals surface area contributed by atoms with Gasteiger partial charge in [-0.1, -0.05) is 24.8 Å². The Hall–Kier alpha value is -4.28. The minimum atomic E-state index is -1.11. The van der Waals surface area contributed by atoms with Gasteiger partial charge < -0.3 is 19.4 Å². The van der Waals surface area contributed by atoms with E-state index in [9.17, 15) is 18.0 Å². The number of nitrogens with zero attached hydrogens (tertiary/aromatic N) is 6. The molecule has 3 fully saturated rings. The molecule has 0 spiro atoms. The zero-order valence-electron chi connectivity index (χ0n) is 24.8. The second-order valence-electron chi connectivity index (χ2n) is 12.1. The molecule has 2 aromatic heterocycles. The normalized spacial score (nSPS) is 23.2. The molecule has 7 rings (SSSR count). The SMILES string of the molecule is [C-]#[N+]C[C@H]1CN(c2nc(OC[C@@]34CCCN3C[C@H](F)C4)nc3c(F)c(-c4cccc5sc(F)cc45)ccc23)CCN1C(=O)C(=C)F. The fraction of sp³-hybridized carbons (Fsp3) is 0.394. The van der Waals surface area contributed by atoms with E-state index in [2.05, 4.69) is 21.3 Å². The second kappa shape index (κ2) is 11.8. The third-order valence-corrected chi connectivity index (χ3v) is 10.3. The first-order valence-electron chi connectivity index (χ1n) is 15.1. The number of anilines is 1. The molecule has 4 aromatic rings. The Morgan fingerprint density at radius 3 is 2.78 bits per heavy atom. The van der Waals surface area contributed by atoms with Crippen LogP contribution in [0.1, 0.15) is 19.3 Å². The van der Waals surface area contributed by atoms with E-state index in [1.165, 1.54) is 11.0 Å². The quantitative estimate of drug-likeness (QED) is 0.136. The van der Waals surface area contributed by atoms with Gasteiger partial charge in [-0.3, -0.25) is 9.69 Å². The Morgan fingerprint density at radius 1 is 1.13 bits per heavy atom. The van der Waals surface area contributed by atoms with Crippen LogP contribution in [0.2, 0.25) is 0 Å². The maximum atomic E-state index is 16.6. The summed E-state index contributed by atoms with van der Waals surface area (Å²) in [6.07, 6.45) is 1.06. The molecule has 0 aliphatic carbocycles. The van der Waals surface area contributed by atoms with Crippen LogP contribution < -0.4 is 9.64 Å². The fourth-order valence-electron chi connectivity index (χ4n) is 7.28. The van der Waals surface area contributed by atoms with Gasteiger partial charge in [0.05, 0.1) is 5.54 Å². The molecule has 3 atom stereocenters. The van der Waals surface area contributed by atoms with Gasteiger partial charge in [-0.15, -0.1) is 11.3 Å². The van der Waals surface area contributed by atoms with Crippen molar-refractivity contribution in [3.05, 3.63) is 71.2 Å². The standard InChI is InChI=1S/C33H30F4N6O2S/c1-19(34)31(44)43-12-11-41(17-21(43)15-38-2)30-24-8-7-23(22-5-3-6-26-25(22)13-27(36)46-26)28(37)29(24)39-32(40-30)45-18-33-9-4-10-42(33)16-20(35)14-33/h3,5-8,13,20-21H,1,4,9-12,14-18H2/t20-,21+,33+/m1/s1. The van der Waals surface area contributed by atoms with Crippen molar-refractivity contribution < 1.29 is 27.1 Å². The molecule has 5 heterocycles. The summed E-state index contributed by atoms with van der Waals surface area (Å²) >= 11 is 0.978. The van der Waals surface area contributed by atoms with E-state index in [4.69, 9.17) is 16.3 Å². The third-order valence-electron chi connectivity index (χ3n) is 9.40. The van der Waals surface area contributed by atoms with Gasteiger partial charge in [0.2, 0.25) is 6.54 Å². The van der Waals surface area contributed by atoms with Gasteiger partial charge in [0, 0.05) is 53.6 Å². The smallest absolute Gasteiger partial charge is 0.319 e. The van der Waals surface area contributed by atoms with Crippen molar-refractivity contribution in [2.24, 2.45) is 0 Å². The summed E-state index contributed by atoms with van der Waals surface area (Å²) in [6.45, 7) is 12.2. The molecule has 3 aliphatic rings. The average molecular weight is 651 g/mol. The first-order chi connectivity index (χ1) is 22.2. The summed E-state index contributed by atoms with van der Waals surface area (Å²) in [5, 5.41) is 0.571. The molecule has 46 heavy (non-hydrogen) atoms. The number of hydrogen-bond donors (Lipinski definition) is 0. The second-order valence-corrected chi connectivity index (χ2v) is 13.2. The van der Waals surface area contributed by atoms with E-state index in [1.807, 2.05) is 4.90 Å². The van der Waals surface area contributed by atoms with Crippen molar-refractivity contribution in [2.45, 2.75) is 37.0 Å². The first kappa shape index (κ1) is 30.4. The highest BCUT2D eigenvalue weighted by Crippen LogP contribution is 2.42. The van der Waals surface area contributed by atoms with Crippen LogP contribution in [0.3, 0.4) is 0 Å². The van der Waals surface area contributed by atoms with Crippen molar-refractivity contribution in [2.75, 3.05) is 50.8 Å². The molecule has 0 radical (unpaired) electrons. The number of piperazine rings is 1. The zero-order chi connectivity index (χ0) is 32.2. The molecular weight excluding hydrogens is 620 g/mol. The van der Waals surface area contributed by atoms with E-state index in [0.717, 1.165) is 30.7 Å².